The van der Waals surface area contributed by atoms with Crippen molar-refractivity contribution >= 4 is 17.0 Å². The normalized spacial score (nSPS) is 9.64. The molecule has 0 atom stereocenters. The van der Waals surface area contributed by atoms with Gasteiger partial charge in [-0.1, -0.05) is 0 Å². The molecule has 0 saturated heterocycles. The lowest BCUT2D eigenvalue weighted by molar-refractivity contribution is 0.165. The highest BCUT2D eigenvalue weighted by Crippen LogP contribution is 2.03. The molecule has 0 fully saturated rings. The van der Waals surface area contributed by atoms with Crippen LogP contribution in [0, 0.1) is 6.92 Å². The molecule has 1 aromatic rings. The molecule has 0 aliphatic rings. The van der Waals surface area contributed by atoms with E-state index in [9.17, 15) is 4.79 Å². The zero-order valence-corrected chi connectivity index (χ0v) is 6.68. The Morgan fingerprint density at radius 2 is 2.64 bits per heavy atom. The lowest BCUT2D eigenvalue weighted by atomic mass is 10.4. The van der Waals surface area contributed by atoms with E-state index in [1.54, 1.807) is 0 Å². The third kappa shape index (κ3) is 2.23. The van der Waals surface area contributed by atoms with Gasteiger partial charge in [-0.2, -0.15) is 0 Å². The first-order valence-electron chi connectivity index (χ1n) is 3.01. The number of nitrogens with zero attached hydrogens (tertiary/aromatic N) is 1. The second-order valence-corrected chi connectivity index (χ2v) is 2.31. The van der Waals surface area contributed by atoms with Gasteiger partial charge in [0.2, 0.25) is 0 Å². The number of imidazole rings is 1. The first-order chi connectivity index (χ1) is 5.20. The summed E-state index contributed by atoms with van der Waals surface area (Å²) in [6.07, 6.45) is 1.53. The number of aryl methyl sites for hydroxylation is 1. The predicted molar refractivity (Wildman–Crippen MR) is 39.4 cm³/mol. The van der Waals surface area contributed by atoms with E-state index in [1.165, 1.54) is 6.33 Å². The monoisotopic (exact) mass is 174 g/mol. The van der Waals surface area contributed by atoms with Crippen molar-refractivity contribution in [3.05, 3.63) is 17.7 Å². The molecule has 0 aliphatic carbocycles. The van der Waals surface area contributed by atoms with Crippen LogP contribution in [0.2, 0.25) is 0 Å². The second-order valence-electron chi connectivity index (χ2n) is 2.00. The zero-order chi connectivity index (χ0) is 8.27. The van der Waals surface area contributed by atoms with Crippen LogP contribution in [0.5, 0.6) is 0 Å². The highest BCUT2D eigenvalue weighted by atomic mass is 35.5. The lowest BCUT2D eigenvalue weighted by Gasteiger charge is -1.96. The number of nitrogens with one attached hydrogen (secondary N) is 1. The van der Waals surface area contributed by atoms with E-state index in [0.29, 0.717) is 5.69 Å². The number of halogens is 1. The fraction of sp³-hybridized carbons (Fsp3) is 0.333. The topological polar surface area (TPSA) is 55.0 Å². The summed E-state index contributed by atoms with van der Waals surface area (Å²) in [7, 11) is 0. The summed E-state index contributed by atoms with van der Waals surface area (Å²) in [4.78, 5) is 16.9. The van der Waals surface area contributed by atoms with Crippen molar-refractivity contribution in [2.75, 3.05) is 0 Å². The minimum atomic E-state index is -0.813. The van der Waals surface area contributed by atoms with Crippen LogP contribution >= 0.6 is 11.6 Å². The van der Waals surface area contributed by atoms with E-state index < -0.39 is 5.43 Å². The number of aromatic nitrogens is 2. The number of carbonyl (C=O) groups is 1. The van der Waals surface area contributed by atoms with Gasteiger partial charge in [-0.05, 0) is 6.92 Å². The summed E-state index contributed by atoms with van der Waals surface area (Å²) in [6, 6.07) is 0. The van der Waals surface area contributed by atoms with E-state index >= 15 is 0 Å². The van der Waals surface area contributed by atoms with Crippen molar-refractivity contribution in [2.24, 2.45) is 0 Å². The lowest BCUT2D eigenvalue weighted by Crippen LogP contribution is -1.96. The van der Waals surface area contributed by atoms with E-state index in [0.717, 1.165) is 5.69 Å². The average Bonchev–Trinajstić information content (AvgIpc) is 2.31. The van der Waals surface area contributed by atoms with Crippen LogP contribution < -0.4 is 0 Å². The molecule has 0 aromatic carbocycles. The number of carbonyl (C=O) groups excluding carboxylic acids is 1. The molecule has 11 heavy (non-hydrogen) atoms. The Labute approximate surface area is 68.5 Å². The van der Waals surface area contributed by atoms with Crippen molar-refractivity contribution in [3.63, 3.8) is 0 Å². The quantitative estimate of drug-likeness (QED) is 0.693. The van der Waals surface area contributed by atoms with E-state index in [1.807, 2.05) is 6.92 Å². The third-order valence-electron chi connectivity index (χ3n) is 1.26. The van der Waals surface area contributed by atoms with Crippen molar-refractivity contribution in [1.82, 2.24) is 9.97 Å². The van der Waals surface area contributed by atoms with Gasteiger partial charge >= 0.3 is 5.43 Å². The molecule has 0 radical (unpaired) electrons. The molecular formula is C6H7ClN2O2. The molecule has 1 N–H and O–H groups in total. The number of ether oxygens (including phenoxy) is 1. The standard InChI is InChI=1S/C6H7ClN2O2/c1-4-5(9-3-8-4)2-11-6(7)10/h3H,2H2,1H3,(H,8,9). The summed E-state index contributed by atoms with van der Waals surface area (Å²) in [5.74, 6) is 0. The molecule has 0 amide bonds. The number of aromatic amines is 1. The molecule has 5 heteroatoms. The van der Waals surface area contributed by atoms with Crippen molar-refractivity contribution in [1.29, 1.82) is 0 Å². The van der Waals surface area contributed by atoms with Gasteiger partial charge in [-0.15, -0.1) is 0 Å². The molecule has 1 rings (SSSR count). The van der Waals surface area contributed by atoms with Gasteiger partial charge < -0.3 is 9.72 Å². The molecule has 60 valence electrons. The Bertz CT molecular complexity index is 259. The van der Waals surface area contributed by atoms with Gasteiger partial charge in [0, 0.05) is 17.3 Å². The van der Waals surface area contributed by atoms with Crippen LogP contribution in [0.3, 0.4) is 0 Å². The summed E-state index contributed by atoms with van der Waals surface area (Å²) in [5.41, 5.74) is 0.759. The third-order valence-corrected chi connectivity index (χ3v) is 1.37. The molecule has 0 bridgehead atoms. The highest BCUT2D eigenvalue weighted by Gasteiger charge is 2.02. The van der Waals surface area contributed by atoms with Gasteiger partial charge in [-0.25, -0.2) is 9.78 Å². The smallest absolute Gasteiger partial charge is 0.404 e. The fourth-order valence-electron chi connectivity index (χ4n) is 0.658. The minimum Gasteiger partial charge on any atom is -0.447 e. The SMILES string of the molecule is Cc1[nH]cnc1COC(=O)Cl. The van der Waals surface area contributed by atoms with Crippen molar-refractivity contribution in [2.45, 2.75) is 13.5 Å². The molecule has 1 aromatic heterocycles. The number of rotatable bonds is 2. The zero-order valence-electron chi connectivity index (χ0n) is 5.93. The van der Waals surface area contributed by atoms with Crippen LogP contribution in [0.15, 0.2) is 6.33 Å². The largest absolute Gasteiger partial charge is 0.447 e. The van der Waals surface area contributed by atoms with Crippen LogP contribution in [-0.4, -0.2) is 15.4 Å². The Morgan fingerprint density at radius 3 is 3.09 bits per heavy atom. The first-order valence-corrected chi connectivity index (χ1v) is 3.39. The van der Waals surface area contributed by atoms with Crippen LogP contribution in [0.25, 0.3) is 0 Å². The minimum absolute atomic E-state index is 0.123. The fourth-order valence-corrected chi connectivity index (χ4v) is 0.712. The Kier molecular flexibility index (Phi) is 2.48. The number of hydrogen-bond donors (Lipinski definition) is 1. The molecule has 4 nitrogen and oxygen atoms in total. The summed E-state index contributed by atoms with van der Waals surface area (Å²) < 4.78 is 4.51. The highest BCUT2D eigenvalue weighted by molar-refractivity contribution is 6.61. The summed E-state index contributed by atoms with van der Waals surface area (Å²) in [6.45, 7) is 1.96. The van der Waals surface area contributed by atoms with Crippen LogP contribution in [0.4, 0.5) is 4.79 Å². The van der Waals surface area contributed by atoms with Gasteiger partial charge in [0.15, 0.2) is 0 Å². The molecule has 1 heterocycles. The average molecular weight is 175 g/mol. The summed E-state index contributed by atoms with van der Waals surface area (Å²) in [5, 5.41) is 0. The Balaban J connectivity index is 2.51. The van der Waals surface area contributed by atoms with Crippen molar-refractivity contribution < 1.29 is 9.53 Å². The molecule has 0 aliphatic heterocycles. The van der Waals surface area contributed by atoms with Gasteiger partial charge in [0.05, 0.1) is 12.0 Å². The number of H-pyrrole nitrogens is 1. The maximum absolute atomic E-state index is 10.2. The Morgan fingerprint density at radius 1 is 1.91 bits per heavy atom. The van der Waals surface area contributed by atoms with Gasteiger partial charge in [0.1, 0.15) is 6.61 Å². The van der Waals surface area contributed by atoms with E-state index in [4.69, 9.17) is 11.6 Å². The van der Waals surface area contributed by atoms with Crippen molar-refractivity contribution in [3.8, 4) is 0 Å². The second kappa shape index (κ2) is 3.39. The van der Waals surface area contributed by atoms with Gasteiger partial charge in [-0.3, -0.25) is 0 Å². The molecule has 0 saturated carbocycles. The van der Waals surface area contributed by atoms with E-state index in [2.05, 4.69) is 14.7 Å². The van der Waals surface area contributed by atoms with Gasteiger partial charge in [0.25, 0.3) is 0 Å². The molecular weight excluding hydrogens is 168 g/mol. The molecule has 0 spiro atoms. The van der Waals surface area contributed by atoms with Crippen LogP contribution in [0.1, 0.15) is 11.4 Å². The summed E-state index contributed by atoms with van der Waals surface area (Å²) >= 11 is 4.95. The predicted octanol–water partition coefficient (Wildman–Crippen LogP) is 1.59. The molecule has 0 unspecified atom stereocenters. The first kappa shape index (κ1) is 8.07. The number of hydrogen-bond acceptors (Lipinski definition) is 3. The Hall–Kier alpha value is -1.03. The van der Waals surface area contributed by atoms with E-state index in [-0.39, 0.29) is 6.61 Å². The van der Waals surface area contributed by atoms with Crippen LogP contribution in [-0.2, 0) is 11.3 Å². The maximum atomic E-state index is 10.2. The maximum Gasteiger partial charge on any atom is 0.404 e.